The minimum Gasteiger partial charge on any atom is -0.330 e. The van der Waals surface area contributed by atoms with E-state index in [-0.39, 0.29) is 0 Å². The van der Waals surface area contributed by atoms with E-state index in [1.54, 1.807) is 22.3 Å². The SMILES string of the molecule is CCc1cc(C)c2c(c1CC)CC2CN. The van der Waals surface area contributed by atoms with E-state index in [1.165, 1.54) is 18.4 Å². The lowest BCUT2D eigenvalue weighted by atomic mass is 9.71. The van der Waals surface area contributed by atoms with Crippen molar-refractivity contribution in [3.05, 3.63) is 33.9 Å². The van der Waals surface area contributed by atoms with Crippen LogP contribution >= 0.6 is 0 Å². The lowest BCUT2D eigenvalue weighted by Crippen LogP contribution is -2.28. The summed E-state index contributed by atoms with van der Waals surface area (Å²) in [7, 11) is 0. The van der Waals surface area contributed by atoms with Gasteiger partial charge in [0.05, 0.1) is 0 Å². The third kappa shape index (κ3) is 1.50. The van der Waals surface area contributed by atoms with E-state index in [4.69, 9.17) is 5.73 Å². The van der Waals surface area contributed by atoms with Crippen molar-refractivity contribution < 1.29 is 0 Å². The van der Waals surface area contributed by atoms with Crippen molar-refractivity contribution in [2.75, 3.05) is 6.54 Å². The first-order chi connectivity index (χ1) is 7.22. The fraction of sp³-hybridized carbons (Fsp3) is 0.571. The first-order valence-electron chi connectivity index (χ1n) is 6.07. The van der Waals surface area contributed by atoms with Crippen molar-refractivity contribution in [1.82, 2.24) is 0 Å². The highest BCUT2D eigenvalue weighted by molar-refractivity contribution is 5.53. The monoisotopic (exact) mass is 203 g/mol. The van der Waals surface area contributed by atoms with Crippen molar-refractivity contribution in [3.63, 3.8) is 0 Å². The maximum absolute atomic E-state index is 5.78. The fourth-order valence-electron chi connectivity index (χ4n) is 3.00. The lowest BCUT2D eigenvalue weighted by Gasteiger charge is -2.34. The van der Waals surface area contributed by atoms with E-state index >= 15 is 0 Å². The van der Waals surface area contributed by atoms with Gasteiger partial charge in [-0.05, 0) is 60.5 Å². The van der Waals surface area contributed by atoms with E-state index < -0.39 is 0 Å². The second-order valence-corrected chi connectivity index (χ2v) is 4.57. The predicted octanol–water partition coefficient (Wildman–Crippen LogP) is 2.72. The lowest BCUT2D eigenvalue weighted by molar-refractivity contribution is 0.603. The zero-order valence-corrected chi connectivity index (χ0v) is 10.1. The van der Waals surface area contributed by atoms with E-state index in [1.807, 2.05) is 0 Å². The number of rotatable bonds is 3. The van der Waals surface area contributed by atoms with Crippen LogP contribution in [0.2, 0.25) is 0 Å². The third-order valence-electron chi connectivity index (χ3n) is 3.77. The molecule has 0 saturated carbocycles. The van der Waals surface area contributed by atoms with Crippen LogP contribution in [0.5, 0.6) is 0 Å². The maximum Gasteiger partial charge on any atom is 0.000723 e. The number of hydrogen-bond donors (Lipinski definition) is 1. The molecule has 0 spiro atoms. The zero-order valence-electron chi connectivity index (χ0n) is 10.1. The van der Waals surface area contributed by atoms with Gasteiger partial charge in [0, 0.05) is 5.92 Å². The Hall–Kier alpha value is -0.820. The molecule has 0 aromatic heterocycles. The van der Waals surface area contributed by atoms with Crippen LogP contribution in [0.15, 0.2) is 6.07 Å². The average Bonchev–Trinajstić information content (AvgIpc) is 2.19. The average molecular weight is 203 g/mol. The molecule has 1 aromatic rings. The summed E-state index contributed by atoms with van der Waals surface area (Å²) in [6, 6.07) is 2.37. The highest BCUT2D eigenvalue weighted by atomic mass is 14.6. The van der Waals surface area contributed by atoms with Gasteiger partial charge in [-0.2, -0.15) is 0 Å². The van der Waals surface area contributed by atoms with Gasteiger partial charge in [-0.25, -0.2) is 0 Å². The van der Waals surface area contributed by atoms with Gasteiger partial charge in [0.2, 0.25) is 0 Å². The van der Waals surface area contributed by atoms with E-state index in [0.29, 0.717) is 5.92 Å². The molecule has 0 fully saturated rings. The van der Waals surface area contributed by atoms with Gasteiger partial charge < -0.3 is 5.73 Å². The van der Waals surface area contributed by atoms with E-state index in [9.17, 15) is 0 Å². The molecule has 1 aliphatic rings. The highest BCUT2D eigenvalue weighted by Gasteiger charge is 2.29. The molecule has 15 heavy (non-hydrogen) atoms. The van der Waals surface area contributed by atoms with Crippen LogP contribution in [0.4, 0.5) is 0 Å². The van der Waals surface area contributed by atoms with Gasteiger partial charge in [-0.15, -0.1) is 0 Å². The summed E-state index contributed by atoms with van der Waals surface area (Å²) in [5.74, 6) is 0.635. The van der Waals surface area contributed by atoms with Gasteiger partial charge in [-0.1, -0.05) is 19.9 Å². The largest absolute Gasteiger partial charge is 0.330 e. The second-order valence-electron chi connectivity index (χ2n) is 4.57. The minimum atomic E-state index is 0.635. The first-order valence-corrected chi connectivity index (χ1v) is 6.07. The molecular formula is C14H21N. The van der Waals surface area contributed by atoms with Crippen LogP contribution in [0.1, 0.15) is 47.6 Å². The molecule has 1 atom stereocenters. The molecule has 0 saturated heterocycles. The van der Waals surface area contributed by atoms with Crippen molar-refractivity contribution in [3.8, 4) is 0 Å². The number of hydrogen-bond acceptors (Lipinski definition) is 1. The Balaban J connectivity index is 2.52. The standard InChI is InChI=1S/C14H21N/c1-4-10-6-9(3)14-11(8-15)7-13(14)12(10)5-2/h6,11H,4-5,7-8,15H2,1-3H3. The maximum atomic E-state index is 5.78. The summed E-state index contributed by atoms with van der Waals surface area (Å²) < 4.78 is 0. The molecule has 1 aliphatic carbocycles. The Bertz CT molecular complexity index is 379. The molecule has 1 heteroatoms. The fourth-order valence-corrected chi connectivity index (χ4v) is 3.00. The van der Waals surface area contributed by atoms with Crippen molar-refractivity contribution in [1.29, 1.82) is 0 Å². The summed E-state index contributed by atoms with van der Waals surface area (Å²) >= 11 is 0. The molecule has 82 valence electrons. The molecule has 2 N–H and O–H groups in total. The van der Waals surface area contributed by atoms with Gasteiger partial charge in [0.25, 0.3) is 0 Å². The molecule has 0 aliphatic heterocycles. The summed E-state index contributed by atoms with van der Waals surface area (Å²) in [6.45, 7) is 7.56. The number of aryl methyl sites for hydroxylation is 2. The normalized spacial score (nSPS) is 18.5. The molecule has 1 aromatic carbocycles. The summed E-state index contributed by atoms with van der Waals surface area (Å²) in [5, 5.41) is 0. The summed E-state index contributed by atoms with van der Waals surface area (Å²) in [6.07, 6.45) is 3.54. The molecule has 0 bridgehead atoms. The molecule has 2 rings (SSSR count). The van der Waals surface area contributed by atoms with Gasteiger partial charge in [0.1, 0.15) is 0 Å². The van der Waals surface area contributed by atoms with Crippen molar-refractivity contribution >= 4 is 0 Å². The molecule has 1 nitrogen and oxygen atoms in total. The van der Waals surface area contributed by atoms with E-state index in [0.717, 1.165) is 13.0 Å². The van der Waals surface area contributed by atoms with Crippen molar-refractivity contribution in [2.24, 2.45) is 5.73 Å². The Morgan fingerprint density at radius 1 is 1.33 bits per heavy atom. The van der Waals surface area contributed by atoms with Crippen LogP contribution in [0.25, 0.3) is 0 Å². The zero-order chi connectivity index (χ0) is 11.0. The van der Waals surface area contributed by atoms with Gasteiger partial charge in [-0.3, -0.25) is 0 Å². The molecule has 0 heterocycles. The summed E-state index contributed by atoms with van der Waals surface area (Å²) in [5.41, 5.74) is 13.6. The van der Waals surface area contributed by atoms with Gasteiger partial charge >= 0.3 is 0 Å². The molecule has 1 unspecified atom stereocenters. The number of fused-ring (bicyclic) bond motifs is 1. The molecule has 0 amide bonds. The first kappa shape index (κ1) is 10.7. The van der Waals surface area contributed by atoms with Crippen LogP contribution in [-0.4, -0.2) is 6.54 Å². The van der Waals surface area contributed by atoms with Crippen LogP contribution in [0, 0.1) is 6.92 Å². The highest BCUT2D eigenvalue weighted by Crippen LogP contribution is 2.40. The minimum absolute atomic E-state index is 0.635. The van der Waals surface area contributed by atoms with Gasteiger partial charge in [0.15, 0.2) is 0 Å². The predicted molar refractivity (Wildman–Crippen MR) is 65.4 cm³/mol. The quantitative estimate of drug-likeness (QED) is 0.803. The third-order valence-corrected chi connectivity index (χ3v) is 3.77. The Morgan fingerprint density at radius 2 is 2.07 bits per heavy atom. The second kappa shape index (κ2) is 3.97. The Labute approximate surface area is 92.7 Å². The van der Waals surface area contributed by atoms with Crippen LogP contribution in [0.3, 0.4) is 0 Å². The smallest absolute Gasteiger partial charge is 0.000723 e. The van der Waals surface area contributed by atoms with Crippen LogP contribution < -0.4 is 5.73 Å². The number of nitrogens with two attached hydrogens (primary N) is 1. The van der Waals surface area contributed by atoms with Crippen LogP contribution in [-0.2, 0) is 19.3 Å². The van der Waals surface area contributed by atoms with E-state index in [2.05, 4.69) is 26.8 Å². The summed E-state index contributed by atoms with van der Waals surface area (Å²) in [4.78, 5) is 0. The molecular weight excluding hydrogens is 182 g/mol. The Kier molecular flexibility index (Phi) is 2.83. The topological polar surface area (TPSA) is 26.0 Å². The Morgan fingerprint density at radius 3 is 2.60 bits per heavy atom. The molecule has 0 radical (unpaired) electrons. The van der Waals surface area contributed by atoms with Crippen molar-refractivity contribution in [2.45, 2.75) is 46.0 Å². The number of benzene rings is 1.